The minimum absolute atomic E-state index is 0.0934. The Morgan fingerprint density at radius 1 is 0.969 bits per heavy atom. The molecule has 4 N–H and O–H groups in total. The molecule has 0 aliphatic heterocycles. The van der Waals surface area contributed by atoms with Crippen LogP contribution >= 0.6 is 11.6 Å². The highest BCUT2D eigenvalue weighted by molar-refractivity contribution is 6.31. The Kier molecular flexibility index (Phi) is 6.40. The van der Waals surface area contributed by atoms with Crippen molar-refractivity contribution in [1.82, 2.24) is 0 Å². The van der Waals surface area contributed by atoms with E-state index >= 15 is 0 Å². The zero-order chi connectivity index (χ0) is 23.5. The summed E-state index contributed by atoms with van der Waals surface area (Å²) in [5.41, 5.74) is 3.97. The van der Waals surface area contributed by atoms with Gasteiger partial charge in [0.05, 0.1) is 16.7 Å². The molecule has 3 aromatic rings. The molecule has 12 heteroatoms. The zero-order valence-electron chi connectivity index (χ0n) is 15.9. The number of carbonyl (C=O) groups excluding carboxylic acids is 2. The molecule has 2 aromatic carbocycles. The number of nitrogens with one attached hydrogen (secondary N) is 2. The molecule has 0 unspecified atom stereocenters. The van der Waals surface area contributed by atoms with Crippen LogP contribution in [0.25, 0.3) is 0 Å². The SMILES string of the molecule is NC(=O)c1cc(Oc2ccc(NC(=O)Nc3ccc(Cl)c(C(F)(F)F)c3)cc2)cc[n+]1[O-]. The van der Waals surface area contributed by atoms with Crippen LogP contribution < -0.4 is 25.8 Å². The molecule has 3 rings (SSSR count). The molecule has 1 aromatic heterocycles. The van der Waals surface area contributed by atoms with E-state index in [0.29, 0.717) is 16.2 Å². The molecule has 0 saturated heterocycles. The van der Waals surface area contributed by atoms with Crippen LogP contribution in [0.2, 0.25) is 5.02 Å². The van der Waals surface area contributed by atoms with Crippen LogP contribution in [0, 0.1) is 5.21 Å². The van der Waals surface area contributed by atoms with Crippen molar-refractivity contribution >= 4 is 34.9 Å². The third-order valence-corrected chi connectivity index (χ3v) is 4.35. The standard InChI is InChI=1S/C20H14ClF3N4O4/c21-16-6-3-12(9-15(16)20(22,23)24)27-19(30)26-11-1-4-13(5-2-11)32-14-7-8-28(31)17(10-14)18(25)29/h1-10H,(H2,25,29)(H2,26,27,30). The van der Waals surface area contributed by atoms with Gasteiger partial charge in [-0.1, -0.05) is 11.6 Å². The average molecular weight is 467 g/mol. The van der Waals surface area contributed by atoms with Crippen LogP contribution in [0.4, 0.5) is 29.3 Å². The molecular weight excluding hydrogens is 453 g/mol. The van der Waals surface area contributed by atoms with E-state index < -0.39 is 28.7 Å². The third kappa shape index (κ3) is 5.58. The summed E-state index contributed by atoms with van der Waals surface area (Å²) < 4.78 is 44.6. The largest absolute Gasteiger partial charge is 0.618 e. The van der Waals surface area contributed by atoms with Crippen LogP contribution in [0.1, 0.15) is 16.1 Å². The Morgan fingerprint density at radius 2 is 1.59 bits per heavy atom. The van der Waals surface area contributed by atoms with Gasteiger partial charge in [-0.15, -0.1) is 0 Å². The first kappa shape index (κ1) is 22.7. The van der Waals surface area contributed by atoms with Crippen molar-refractivity contribution in [3.05, 3.63) is 82.3 Å². The minimum Gasteiger partial charge on any atom is -0.618 e. The van der Waals surface area contributed by atoms with Gasteiger partial charge >= 0.3 is 18.1 Å². The van der Waals surface area contributed by atoms with Gasteiger partial charge in [0.2, 0.25) is 0 Å². The smallest absolute Gasteiger partial charge is 0.417 e. The number of rotatable bonds is 5. The van der Waals surface area contributed by atoms with E-state index in [1.165, 1.54) is 42.5 Å². The van der Waals surface area contributed by atoms with E-state index in [1.54, 1.807) is 0 Å². The average Bonchev–Trinajstić information content (AvgIpc) is 2.71. The lowest BCUT2D eigenvalue weighted by atomic mass is 10.2. The van der Waals surface area contributed by atoms with Crippen LogP contribution in [0.5, 0.6) is 11.5 Å². The third-order valence-electron chi connectivity index (χ3n) is 4.02. The summed E-state index contributed by atoms with van der Waals surface area (Å²) in [6.07, 6.45) is -3.59. The molecule has 0 aliphatic carbocycles. The maximum Gasteiger partial charge on any atom is 0.417 e. The fourth-order valence-corrected chi connectivity index (χ4v) is 2.79. The molecule has 0 atom stereocenters. The Hall–Kier alpha value is -3.99. The molecular formula is C20H14ClF3N4O4. The number of ether oxygens (including phenoxy) is 1. The normalized spacial score (nSPS) is 11.0. The van der Waals surface area contributed by atoms with Gasteiger partial charge in [0.15, 0.2) is 6.20 Å². The van der Waals surface area contributed by atoms with Crippen molar-refractivity contribution in [2.45, 2.75) is 6.18 Å². The first-order valence-corrected chi connectivity index (χ1v) is 9.16. The predicted octanol–water partition coefficient (Wildman–Crippen LogP) is 4.53. The summed E-state index contributed by atoms with van der Waals surface area (Å²) in [5, 5.41) is 15.7. The van der Waals surface area contributed by atoms with Crippen molar-refractivity contribution in [3.63, 3.8) is 0 Å². The number of aromatic nitrogens is 1. The number of pyridine rings is 1. The number of halogens is 4. The fourth-order valence-electron chi connectivity index (χ4n) is 2.57. The molecule has 32 heavy (non-hydrogen) atoms. The van der Waals surface area contributed by atoms with Gasteiger partial charge < -0.3 is 26.3 Å². The molecule has 0 spiro atoms. The van der Waals surface area contributed by atoms with Crippen LogP contribution in [0.15, 0.2) is 60.8 Å². The number of anilines is 2. The lowest BCUT2D eigenvalue weighted by molar-refractivity contribution is -0.607. The highest BCUT2D eigenvalue weighted by Crippen LogP contribution is 2.36. The van der Waals surface area contributed by atoms with Crippen molar-refractivity contribution in [2.75, 3.05) is 10.6 Å². The van der Waals surface area contributed by atoms with Crippen molar-refractivity contribution in [3.8, 4) is 11.5 Å². The molecule has 0 fully saturated rings. The monoisotopic (exact) mass is 466 g/mol. The number of nitrogens with zero attached hydrogens (tertiary/aromatic N) is 1. The Bertz CT molecular complexity index is 1170. The van der Waals surface area contributed by atoms with Gasteiger partial charge in [-0.05, 0) is 42.5 Å². The van der Waals surface area contributed by atoms with E-state index in [0.717, 1.165) is 18.3 Å². The summed E-state index contributed by atoms with van der Waals surface area (Å²) in [4.78, 5) is 23.3. The second kappa shape index (κ2) is 9.02. The first-order valence-electron chi connectivity index (χ1n) is 8.78. The van der Waals surface area contributed by atoms with Crippen LogP contribution in [0.3, 0.4) is 0 Å². The van der Waals surface area contributed by atoms with Gasteiger partial charge in [0.1, 0.15) is 11.5 Å². The van der Waals surface area contributed by atoms with E-state index in [2.05, 4.69) is 10.6 Å². The Labute approximate surface area is 183 Å². The molecule has 3 amide bonds. The number of alkyl halides is 3. The second-order valence-electron chi connectivity index (χ2n) is 6.34. The lowest BCUT2D eigenvalue weighted by Gasteiger charge is -2.12. The number of carbonyl (C=O) groups is 2. The Morgan fingerprint density at radius 3 is 2.22 bits per heavy atom. The van der Waals surface area contributed by atoms with Gasteiger partial charge in [-0.2, -0.15) is 17.9 Å². The van der Waals surface area contributed by atoms with Gasteiger partial charge in [-0.25, -0.2) is 4.79 Å². The topological polar surface area (TPSA) is 120 Å². The number of primary amides is 1. The number of hydrogen-bond donors (Lipinski definition) is 3. The van der Waals surface area contributed by atoms with Crippen molar-refractivity contribution in [1.29, 1.82) is 0 Å². The first-order chi connectivity index (χ1) is 15.0. The van der Waals surface area contributed by atoms with Gasteiger partial charge in [-0.3, -0.25) is 4.79 Å². The molecule has 166 valence electrons. The Balaban J connectivity index is 1.64. The molecule has 0 saturated carbocycles. The predicted molar refractivity (Wildman–Crippen MR) is 110 cm³/mol. The quantitative estimate of drug-likeness (QED) is 0.378. The van der Waals surface area contributed by atoms with Crippen molar-refractivity contribution in [2.24, 2.45) is 5.73 Å². The van der Waals surface area contributed by atoms with Gasteiger partial charge in [0.25, 0.3) is 5.69 Å². The number of amides is 3. The van der Waals surface area contributed by atoms with Crippen LogP contribution in [-0.4, -0.2) is 11.9 Å². The van der Waals surface area contributed by atoms with Crippen LogP contribution in [-0.2, 0) is 6.18 Å². The fraction of sp³-hybridized carbons (Fsp3) is 0.0500. The van der Waals surface area contributed by atoms with E-state index in [9.17, 15) is 28.0 Å². The maximum atomic E-state index is 12.9. The molecule has 8 nitrogen and oxygen atoms in total. The molecule has 1 heterocycles. The number of urea groups is 1. The molecule has 0 aliphatic rings. The second-order valence-corrected chi connectivity index (χ2v) is 6.74. The zero-order valence-corrected chi connectivity index (χ0v) is 16.7. The summed E-state index contributed by atoms with van der Waals surface area (Å²) in [7, 11) is 0. The number of nitrogens with two attached hydrogens (primary N) is 1. The van der Waals surface area contributed by atoms with Crippen molar-refractivity contribution < 1.29 is 32.2 Å². The summed E-state index contributed by atoms with van der Waals surface area (Å²) in [6.45, 7) is 0. The highest BCUT2D eigenvalue weighted by Gasteiger charge is 2.33. The summed E-state index contributed by atoms with van der Waals surface area (Å²) in [5.74, 6) is -0.408. The van der Waals surface area contributed by atoms with E-state index in [1.807, 2.05) is 0 Å². The summed E-state index contributed by atoms with van der Waals surface area (Å²) >= 11 is 5.55. The lowest BCUT2D eigenvalue weighted by Crippen LogP contribution is -2.36. The van der Waals surface area contributed by atoms with Gasteiger partial charge in [0, 0.05) is 17.4 Å². The number of hydrogen-bond acceptors (Lipinski definition) is 4. The summed E-state index contributed by atoms with van der Waals surface area (Å²) in [6, 6.07) is 10.7. The minimum atomic E-state index is -4.66. The number of benzene rings is 2. The maximum absolute atomic E-state index is 12.9. The highest BCUT2D eigenvalue weighted by atomic mass is 35.5. The van der Waals surface area contributed by atoms with E-state index in [4.69, 9.17) is 22.1 Å². The molecule has 0 bridgehead atoms. The molecule has 0 radical (unpaired) electrons. The van der Waals surface area contributed by atoms with E-state index in [-0.39, 0.29) is 17.1 Å².